The molecule has 4 rings (SSSR count). The van der Waals surface area contributed by atoms with Gasteiger partial charge in [0.2, 0.25) is 5.95 Å². The number of aromatic nitrogens is 2. The fourth-order valence-electron chi connectivity index (χ4n) is 3.30. The minimum Gasteiger partial charge on any atom is -0.497 e. The number of hydrogen-bond acceptors (Lipinski definition) is 5. The summed E-state index contributed by atoms with van der Waals surface area (Å²) >= 11 is 6.04. The number of hydrazone groups is 1. The Balaban J connectivity index is 1.60. The van der Waals surface area contributed by atoms with Crippen molar-refractivity contribution in [3.63, 3.8) is 0 Å². The maximum absolute atomic E-state index is 12.6. The van der Waals surface area contributed by atoms with Gasteiger partial charge >= 0.3 is 6.03 Å². The first-order chi connectivity index (χ1) is 16.9. The minimum atomic E-state index is -0.551. The Morgan fingerprint density at radius 1 is 0.886 bits per heavy atom. The molecule has 0 aliphatic carbocycles. The molecular weight excluding hydrogens is 462 g/mol. The molecule has 7 nitrogen and oxygen atoms in total. The number of carbonyl (C=O) groups excluding carboxylic acids is 1. The van der Waals surface area contributed by atoms with E-state index < -0.39 is 6.03 Å². The highest BCUT2D eigenvalue weighted by molar-refractivity contribution is 6.30. The Morgan fingerprint density at radius 2 is 1.46 bits per heavy atom. The highest BCUT2D eigenvalue weighted by atomic mass is 35.5. The highest BCUT2D eigenvalue weighted by Crippen LogP contribution is 2.27. The average Bonchev–Trinajstić information content (AvgIpc) is 2.88. The molecule has 1 aromatic heterocycles. The highest BCUT2D eigenvalue weighted by Gasteiger charge is 2.12. The van der Waals surface area contributed by atoms with Gasteiger partial charge in [0.1, 0.15) is 5.75 Å². The number of amides is 2. The second-order valence-corrected chi connectivity index (χ2v) is 8.26. The van der Waals surface area contributed by atoms with Gasteiger partial charge in [0.15, 0.2) is 0 Å². The van der Waals surface area contributed by atoms with Gasteiger partial charge in [-0.05, 0) is 61.9 Å². The number of ether oxygens (including phenoxy) is 1. The Bertz CT molecular complexity index is 1350. The lowest BCUT2D eigenvalue weighted by molar-refractivity contribution is 0.252. The van der Waals surface area contributed by atoms with Crippen LogP contribution in [0, 0.1) is 6.92 Å². The lowest BCUT2D eigenvalue weighted by atomic mass is 10.1. The first-order valence-corrected chi connectivity index (χ1v) is 11.3. The molecule has 0 atom stereocenters. The lowest BCUT2D eigenvalue weighted by Gasteiger charge is -2.10. The van der Waals surface area contributed by atoms with E-state index in [4.69, 9.17) is 16.3 Å². The Labute approximate surface area is 208 Å². The second-order valence-electron chi connectivity index (χ2n) is 7.83. The number of anilines is 1. The summed E-state index contributed by atoms with van der Waals surface area (Å²) in [5.74, 6) is 0.879. The molecule has 0 fully saturated rings. The van der Waals surface area contributed by atoms with Crippen LogP contribution in [-0.4, -0.2) is 28.8 Å². The number of carbonyl (C=O) groups is 1. The normalized spacial score (nSPS) is 11.1. The average molecular weight is 486 g/mol. The van der Waals surface area contributed by atoms with Gasteiger partial charge in [-0.2, -0.15) is 5.10 Å². The molecule has 0 aliphatic rings. The Morgan fingerprint density at radius 3 is 2.03 bits per heavy atom. The predicted molar refractivity (Wildman–Crippen MR) is 140 cm³/mol. The molecule has 4 aromatic rings. The Kier molecular flexibility index (Phi) is 7.38. The lowest BCUT2D eigenvalue weighted by Crippen LogP contribution is -2.26. The predicted octanol–water partition coefficient (Wildman–Crippen LogP) is 6.33. The summed E-state index contributed by atoms with van der Waals surface area (Å²) in [7, 11) is 1.61. The van der Waals surface area contributed by atoms with E-state index in [0.29, 0.717) is 22.1 Å². The fraction of sp³-hybridized carbons (Fsp3) is 0.111. The third-order valence-corrected chi connectivity index (χ3v) is 5.52. The number of benzene rings is 3. The van der Waals surface area contributed by atoms with Gasteiger partial charge in [0, 0.05) is 16.1 Å². The van der Waals surface area contributed by atoms with Gasteiger partial charge in [-0.3, -0.25) is 5.32 Å². The van der Waals surface area contributed by atoms with E-state index in [2.05, 4.69) is 25.8 Å². The van der Waals surface area contributed by atoms with Crippen molar-refractivity contribution in [2.24, 2.45) is 5.10 Å². The van der Waals surface area contributed by atoms with E-state index in [1.165, 1.54) is 0 Å². The van der Waals surface area contributed by atoms with Gasteiger partial charge in [0.25, 0.3) is 0 Å². The number of hydrogen-bond donors (Lipinski definition) is 2. The zero-order valence-electron chi connectivity index (χ0n) is 19.5. The SMILES string of the molecule is COc1ccc(-c2cc(-c3ccc(Cl)cc3)nc(NC(=O)N/N=C(/C)c3ccc(C)cc3)n2)cc1. The van der Waals surface area contributed by atoms with Crippen LogP contribution in [0.5, 0.6) is 5.75 Å². The van der Waals surface area contributed by atoms with E-state index in [9.17, 15) is 4.79 Å². The molecule has 0 bridgehead atoms. The summed E-state index contributed by atoms with van der Waals surface area (Å²) in [6, 6.07) is 24.0. The zero-order chi connectivity index (χ0) is 24.8. The maximum Gasteiger partial charge on any atom is 0.342 e. The van der Waals surface area contributed by atoms with Crippen LogP contribution in [0.4, 0.5) is 10.7 Å². The van der Waals surface area contributed by atoms with Crippen molar-refractivity contribution in [2.75, 3.05) is 12.4 Å². The van der Waals surface area contributed by atoms with Gasteiger partial charge in [-0.1, -0.05) is 53.6 Å². The minimum absolute atomic E-state index is 0.143. The molecule has 0 aliphatic heterocycles. The number of nitrogens with one attached hydrogen (secondary N) is 2. The Hall–Kier alpha value is -4.23. The number of rotatable bonds is 6. The topological polar surface area (TPSA) is 88.5 Å². The molecule has 0 unspecified atom stereocenters. The zero-order valence-corrected chi connectivity index (χ0v) is 20.3. The number of nitrogens with zero attached hydrogens (tertiary/aromatic N) is 3. The molecular formula is C27H24ClN5O2. The first-order valence-electron chi connectivity index (χ1n) is 10.9. The van der Waals surface area contributed by atoms with Crippen molar-refractivity contribution < 1.29 is 9.53 Å². The van der Waals surface area contributed by atoms with Crippen LogP contribution in [-0.2, 0) is 0 Å². The summed E-state index contributed by atoms with van der Waals surface area (Å²) in [6.07, 6.45) is 0. The van der Waals surface area contributed by atoms with Gasteiger partial charge in [0.05, 0.1) is 24.2 Å². The standard InChI is InChI=1S/C27H24ClN5O2/c1-17-4-6-19(7-5-17)18(2)32-33-27(34)31-26-29-24(20-8-12-22(28)13-9-20)16-25(30-26)21-10-14-23(35-3)15-11-21/h4-16H,1-3H3,(H2,29,30,31,33,34)/b32-18-. The number of urea groups is 1. The van der Waals surface area contributed by atoms with E-state index in [-0.39, 0.29) is 5.95 Å². The van der Waals surface area contributed by atoms with Crippen LogP contribution < -0.4 is 15.5 Å². The van der Waals surface area contributed by atoms with Crippen LogP contribution in [0.25, 0.3) is 22.5 Å². The molecule has 2 N–H and O–H groups in total. The van der Waals surface area contributed by atoms with Crippen LogP contribution in [0.15, 0.2) is 84.0 Å². The van der Waals surface area contributed by atoms with Crippen LogP contribution in [0.2, 0.25) is 5.02 Å². The summed E-state index contributed by atoms with van der Waals surface area (Å²) in [6.45, 7) is 3.84. The summed E-state index contributed by atoms with van der Waals surface area (Å²) in [4.78, 5) is 21.6. The van der Waals surface area contributed by atoms with E-state index in [1.807, 2.05) is 80.6 Å². The van der Waals surface area contributed by atoms with Crippen molar-refractivity contribution in [2.45, 2.75) is 13.8 Å². The summed E-state index contributed by atoms with van der Waals surface area (Å²) in [5.41, 5.74) is 8.21. The van der Waals surface area contributed by atoms with Gasteiger partial charge in [-0.25, -0.2) is 20.2 Å². The smallest absolute Gasteiger partial charge is 0.342 e. The molecule has 176 valence electrons. The first kappa shape index (κ1) is 23.9. The van der Waals surface area contributed by atoms with Crippen molar-refractivity contribution in [3.8, 4) is 28.3 Å². The van der Waals surface area contributed by atoms with Crippen LogP contribution in [0.3, 0.4) is 0 Å². The monoisotopic (exact) mass is 485 g/mol. The molecule has 0 spiro atoms. The van der Waals surface area contributed by atoms with Crippen molar-refractivity contribution in [1.29, 1.82) is 0 Å². The maximum atomic E-state index is 12.6. The quantitative estimate of drug-likeness (QED) is 0.247. The third kappa shape index (κ3) is 6.22. The molecule has 3 aromatic carbocycles. The van der Waals surface area contributed by atoms with Crippen molar-refractivity contribution in [1.82, 2.24) is 15.4 Å². The number of halogens is 1. The molecule has 0 radical (unpaired) electrons. The fourth-order valence-corrected chi connectivity index (χ4v) is 3.43. The van der Waals surface area contributed by atoms with Crippen molar-refractivity contribution >= 4 is 29.3 Å². The molecule has 2 amide bonds. The number of methoxy groups -OCH3 is 1. The molecule has 0 saturated heterocycles. The number of aryl methyl sites for hydroxylation is 1. The van der Waals surface area contributed by atoms with Crippen LogP contribution in [0.1, 0.15) is 18.1 Å². The molecule has 0 saturated carbocycles. The molecule has 35 heavy (non-hydrogen) atoms. The van der Waals surface area contributed by atoms with Gasteiger partial charge in [-0.15, -0.1) is 0 Å². The van der Waals surface area contributed by atoms with E-state index in [1.54, 1.807) is 19.2 Å². The van der Waals surface area contributed by atoms with E-state index in [0.717, 1.165) is 28.0 Å². The van der Waals surface area contributed by atoms with Crippen LogP contribution >= 0.6 is 11.6 Å². The third-order valence-electron chi connectivity index (χ3n) is 5.27. The summed E-state index contributed by atoms with van der Waals surface area (Å²) in [5, 5.41) is 7.49. The summed E-state index contributed by atoms with van der Waals surface area (Å²) < 4.78 is 5.25. The molecule has 1 heterocycles. The molecule has 8 heteroatoms. The largest absolute Gasteiger partial charge is 0.497 e. The van der Waals surface area contributed by atoms with Gasteiger partial charge < -0.3 is 4.74 Å². The second kappa shape index (κ2) is 10.8. The van der Waals surface area contributed by atoms with E-state index >= 15 is 0 Å². The van der Waals surface area contributed by atoms with Crippen molar-refractivity contribution in [3.05, 3.63) is 95.0 Å².